The molecule has 4 unspecified atom stereocenters. The van der Waals surface area contributed by atoms with Crippen molar-refractivity contribution in [2.24, 2.45) is 5.92 Å². The number of nitrogens with one attached hydrogen (secondary N) is 1. The van der Waals surface area contributed by atoms with Crippen molar-refractivity contribution in [3.05, 3.63) is 0 Å². The Morgan fingerprint density at radius 1 is 1.24 bits per heavy atom. The number of hydrogen-bond donors (Lipinski definition) is 1. The maximum Gasteiger partial charge on any atom is 0.228 e. The molecule has 0 spiro atoms. The van der Waals surface area contributed by atoms with Crippen LogP contribution in [0, 0.1) is 5.92 Å². The molecule has 3 aliphatic rings. The maximum absolute atomic E-state index is 12.5. The predicted octanol–water partition coefficient (Wildman–Crippen LogP) is 0.764. The quantitative estimate of drug-likeness (QED) is 0.733. The lowest BCUT2D eigenvalue weighted by atomic mass is 9.99. The fourth-order valence-electron chi connectivity index (χ4n) is 3.43. The third-order valence-corrected chi connectivity index (χ3v) is 4.53. The van der Waals surface area contributed by atoms with Gasteiger partial charge in [0.15, 0.2) is 0 Å². The average Bonchev–Trinajstić information content (AvgIpc) is 2.84. The molecule has 96 valence electrons. The third-order valence-electron chi connectivity index (χ3n) is 4.53. The third kappa shape index (κ3) is 2.20. The maximum atomic E-state index is 12.5. The topological polar surface area (TPSA) is 41.6 Å². The first-order valence-electron chi connectivity index (χ1n) is 6.90. The molecular weight excluding hydrogens is 216 g/mol. The highest BCUT2D eigenvalue weighted by molar-refractivity contribution is 5.79. The van der Waals surface area contributed by atoms with Crippen LogP contribution < -0.4 is 5.32 Å². The normalized spacial score (nSPS) is 41.6. The van der Waals surface area contributed by atoms with E-state index in [4.69, 9.17) is 4.74 Å². The van der Waals surface area contributed by atoms with Crippen LogP contribution in [-0.2, 0) is 9.53 Å². The van der Waals surface area contributed by atoms with Crippen LogP contribution in [0.25, 0.3) is 0 Å². The van der Waals surface area contributed by atoms with Gasteiger partial charge in [-0.15, -0.1) is 0 Å². The van der Waals surface area contributed by atoms with Crippen LogP contribution in [0.1, 0.15) is 32.6 Å². The number of ether oxygens (including phenoxy) is 1. The van der Waals surface area contributed by atoms with Crippen molar-refractivity contribution >= 4 is 5.91 Å². The van der Waals surface area contributed by atoms with Crippen molar-refractivity contribution in [1.82, 2.24) is 10.2 Å². The van der Waals surface area contributed by atoms with Gasteiger partial charge in [-0.05, 0) is 32.6 Å². The Labute approximate surface area is 103 Å². The largest absolute Gasteiger partial charge is 0.378 e. The van der Waals surface area contributed by atoms with E-state index in [-0.39, 0.29) is 12.0 Å². The van der Waals surface area contributed by atoms with E-state index in [0.717, 1.165) is 32.5 Å². The van der Waals surface area contributed by atoms with Gasteiger partial charge in [0.2, 0.25) is 5.91 Å². The molecule has 1 amide bonds. The van der Waals surface area contributed by atoms with Gasteiger partial charge < -0.3 is 15.0 Å². The lowest BCUT2D eigenvalue weighted by molar-refractivity contribution is -0.137. The van der Waals surface area contributed by atoms with Crippen molar-refractivity contribution in [1.29, 1.82) is 0 Å². The zero-order chi connectivity index (χ0) is 11.8. The molecule has 0 saturated carbocycles. The highest BCUT2D eigenvalue weighted by atomic mass is 16.5. The standard InChI is InChI=1S/C13H22N2O2/c1-9-12(5-7-17-9)13(16)15-6-4-10-2-3-11(8-15)14-10/h9-12,14H,2-8H2,1H3. The zero-order valence-electron chi connectivity index (χ0n) is 10.5. The Balaban J connectivity index is 1.65. The van der Waals surface area contributed by atoms with E-state index in [9.17, 15) is 4.79 Å². The first kappa shape index (κ1) is 11.5. The van der Waals surface area contributed by atoms with E-state index in [1.165, 1.54) is 12.8 Å². The SMILES string of the molecule is CC1OCCC1C(=O)N1CCC2CCC(C1)N2. The Morgan fingerprint density at radius 2 is 2.06 bits per heavy atom. The summed E-state index contributed by atoms with van der Waals surface area (Å²) < 4.78 is 5.51. The van der Waals surface area contributed by atoms with Gasteiger partial charge in [0.25, 0.3) is 0 Å². The Morgan fingerprint density at radius 3 is 2.82 bits per heavy atom. The van der Waals surface area contributed by atoms with Gasteiger partial charge >= 0.3 is 0 Å². The summed E-state index contributed by atoms with van der Waals surface area (Å²) in [6.07, 6.45) is 4.64. The van der Waals surface area contributed by atoms with Gasteiger partial charge in [0, 0.05) is 31.8 Å². The Hall–Kier alpha value is -0.610. The van der Waals surface area contributed by atoms with Crippen LogP contribution in [0.2, 0.25) is 0 Å². The molecule has 4 atom stereocenters. The lowest BCUT2D eigenvalue weighted by Gasteiger charge is -2.28. The zero-order valence-corrected chi connectivity index (χ0v) is 10.5. The molecule has 2 bridgehead atoms. The molecule has 3 aliphatic heterocycles. The lowest BCUT2D eigenvalue weighted by Crippen LogP contribution is -2.43. The number of carbonyl (C=O) groups is 1. The molecule has 0 radical (unpaired) electrons. The van der Waals surface area contributed by atoms with Crippen LogP contribution in [-0.4, -0.2) is 48.7 Å². The second-order valence-corrected chi connectivity index (χ2v) is 5.68. The molecule has 3 rings (SSSR count). The highest BCUT2D eigenvalue weighted by Crippen LogP contribution is 2.26. The highest BCUT2D eigenvalue weighted by Gasteiger charge is 2.37. The molecule has 4 nitrogen and oxygen atoms in total. The minimum absolute atomic E-state index is 0.103. The van der Waals surface area contributed by atoms with Crippen LogP contribution in [0.5, 0.6) is 0 Å². The second kappa shape index (κ2) is 4.58. The van der Waals surface area contributed by atoms with Gasteiger partial charge in [-0.25, -0.2) is 0 Å². The van der Waals surface area contributed by atoms with E-state index in [0.29, 0.717) is 18.0 Å². The minimum atomic E-state index is 0.103. The molecule has 0 aromatic heterocycles. The molecule has 0 aliphatic carbocycles. The van der Waals surface area contributed by atoms with Gasteiger partial charge in [0.05, 0.1) is 12.0 Å². The average molecular weight is 238 g/mol. The van der Waals surface area contributed by atoms with E-state index < -0.39 is 0 Å². The summed E-state index contributed by atoms with van der Waals surface area (Å²) in [6.45, 7) is 4.60. The summed E-state index contributed by atoms with van der Waals surface area (Å²) in [4.78, 5) is 14.5. The molecule has 0 aromatic carbocycles. The van der Waals surface area contributed by atoms with Gasteiger partial charge in [-0.1, -0.05) is 0 Å². The smallest absolute Gasteiger partial charge is 0.228 e. The van der Waals surface area contributed by atoms with Crippen molar-refractivity contribution in [2.75, 3.05) is 19.7 Å². The summed E-state index contributed by atoms with van der Waals surface area (Å²) in [5.41, 5.74) is 0. The van der Waals surface area contributed by atoms with Crippen LogP contribution >= 0.6 is 0 Å². The fraction of sp³-hybridized carbons (Fsp3) is 0.923. The molecule has 17 heavy (non-hydrogen) atoms. The summed E-state index contributed by atoms with van der Waals surface area (Å²) in [6, 6.07) is 1.18. The molecule has 1 N–H and O–H groups in total. The first-order valence-corrected chi connectivity index (χ1v) is 6.90. The van der Waals surface area contributed by atoms with Gasteiger partial charge in [-0.3, -0.25) is 4.79 Å². The summed E-state index contributed by atoms with van der Waals surface area (Å²) in [5, 5.41) is 3.61. The number of hydrogen-bond acceptors (Lipinski definition) is 3. The predicted molar refractivity (Wildman–Crippen MR) is 64.7 cm³/mol. The fourth-order valence-corrected chi connectivity index (χ4v) is 3.43. The number of fused-ring (bicyclic) bond motifs is 2. The minimum Gasteiger partial charge on any atom is -0.378 e. The van der Waals surface area contributed by atoms with Crippen LogP contribution in [0.4, 0.5) is 0 Å². The molecule has 3 heterocycles. The van der Waals surface area contributed by atoms with Crippen molar-refractivity contribution in [3.63, 3.8) is 0 Å². The molecule has 0 aromatic rings. The van der Waals surface area contributed by atoms with Crippen LogP contribution in [0.3, 0.4) is 0 Å². The second-order valence-electron chi connectivity index (χ2n) is 5.68. The van der Waals surface area contributed by atoms with Crippen molar-refractivity contribution < 1.29 is 9.53 Å². The van der Waals surface area contributed by atoms with E-state index in [1.807, 2.05) is 6.92 Å². The Kier molecular flexibility index (Phi) is 3.09. The van der Waals surface area contributed by atoms with E-state index >= 15 is 0 Å². The summed E-state index contributed by atoms with van der Waals surface area (Å²) >= 11 is 0. The summed E-state index contributed by atoms with van der Waals surface area (Å²) in [5.74, 6) is 0.427. The van der Waals surface area contributed by atoms with Gasteiger partial charge in [0.1, 0.15) is 0 Å². The number of carbonyl (C=O) groups excluding carboxylic acids is 1. The van der Waals surface area contributed by atoms with Crippen molar-refractivity contribution in [2.45, 2.75) is 50.8 Å². The van der Waals surface area contributed by atoms with E-state index in [2.05, 4.69) is 10.2 Å². The van der Waals surface area contributed by atoms with Gasteiger partial charge in [-0.2, -0.15) is 0 Å². The molecule has 3 saturated heterocycles. The number of amides is 1. The first-order chi connectivity index (χ1) is 8.24. The van der Waals surface area contributed by atoms with Crippen molar-refractivity contribution in [3.8, 4) is 0 Å². The monoisotopic (exact) mass is 238 g/mol. The number of likely N-dealkylation sites (tertiary alicyclic amines) is 1. The molecule has 4 heteroatoms. The number of nitrogens with zero attached hydrogens (tertiary/aromatic N) is 1. The molecule has 3 fully saturated rings. The summed E-state index contributed by atoms with van der Waals surface area (Å²) in [7, 11) is 0. The van der Waals surface area contributed by atoms with E-state index in [1.54, 1.807) is 0 Å². The van der Waals surface area contributed by atoms with Crippen LogP contribution in [0.15, 0.2) is 0 Å². The Bertz CT molecular complexity index is 308. The number of rotatable bonds is 1. The molecular formula is C13H22N2O2.